The third-order valence-corrected chi connectivity index (χ3v) is 8.79. The van der Waals surface area contributed by atoms with Crippen LogP contribution in [0.4, 0.5) is 15.8 Å². The lowest BCUT2D eigenvalue weighted by molar-refractivity contribution is 0.100. The van der Waals surface area contributed by atoms with Crippen molar-refractivity contribution in [2.24, 2.45) is 7.05 Å². The number of methoxy groups -OCH3 is 1. The summed E-state index contributed by atoms with van der Waals surface area (Å²) in [6.07, 6.45) is 2.18. The maximum absolute atomic E-state index is 13.6. The topological polar surface area (TPSA) is 113 Å². The molecule has 4 aromatic rings. The molecule has 4 heterocycles. The molecule has 10 nitrogen and oxygen atoms in total. The molecule has 1 unspecified atom stereocenters. The minimum Gasteiger partial charge on any atom is -0.496 e. The SMILES string of the molecule is COc1cc(C(=O)Nc2cccc(-c3cccc(NC(=O)c4nc5c(n4C)CCNC5)c3C)c2C)ncc1CN1CCC(F)C1. The molecule has 45 heavy (non-hydrogen) atoms. The van der Waals surface area contributed by atoms with Crippen molar-refractivity contribution < 1.29 is 18.7 Å². The number of nitrogens with one attached hydrogen (secondary N) is 3. The Kier molecular flexibility index (Phi) is 8.64. The molecular weight excluding hydrogens is 573 g/mol. The van der Waals surface area contributed by atoms with E-state index in [0.29, 0.717) is 55.5 Å². The van der Waals surface area contributed by atoms with Crippen molar-refractivity contribution in [1.29, 1.82) is 0 Å². The predicted octanol–water partition coefficient (Wildman–Crippen LogP) is 4.80. The molecule has 2 aromatic heterocycles. The van der Waals surface area contributed by atoms with E-state index in [4.69, 9.17) is 4.74 Å². The van der Waals surface area contributed by atoms with Gasteiger partial charge < -0.3 is 25.3 Å². The first-order valence-electron chi connectivity index (χ1n) is 15.2. The van der Waals surface area contributed by atoms with E-state index in [1.165, 1.54) is 0 Å². The number of likely N-dealkylation sites (tertiary alicyclic amines) is 1. The fraction of sp³-hybridized carbons (Fsp3) is 0.353. The molecule has 0 radical (unpaired) electrons. The van der Waals surface area contributed by atoms with Crippen molar-refractivity contribution in [3.05, 3.63) is 88.3 Å². The van der Waals surface area contributed by atoms with Gasteiger partial charge in [0.1, 0.15) is 17.6 Å². The van der Waals surface area contributed by atoms with Crippen LogP contribution in [0.15, 0.2) is 48.7 Å². The first kappa shape index (κ1) is 30.4. The molecule has 2 aromatic carbocycles. The molecule has 11 heteroatoms. The van der Waals surface area contributed by atoms with Crippen molar-refractivity contribution in [2.75, 3.05) is 37.4 Å². The molecular formula is C34H38FN7O3. The van der Waals surface area contributed by atoms with Gasteiger partial charge in [-0.2, -0.15) is 0 Å². The van der Waals surface area contributed by atoms with Crippen LogP contribution in [0, 0.1) is 13.8 Å². The zero-order chi connectivity index (χ0) is 31.7. The number of rotatable bonds is 8. The quantitative estimate of drug-likeness (QED) is 0.262. The molecule has 0 bridgehead atoms. The van der Waals surface area contributed by atoms with Gasteiger partial charge in [0.25, 0.3) is 11.8 Å². The van der Waals surface area contributed by atoms with Crippen LogP contribution < -0.4 is 20.7 Å². The highest BCUT2D eigenvalue weighted by Crippen LogP contribution is 2.34. The van der Waals surface area contributed by atoms with Crippen molar-refractivity contribution >= 4 is 23.2 Å². The number of hydrogen-bond acceptors (Lipinski definition) is 7. The summed E-state index contributed by atoms with van der Waals surface area (Å²) in [6.45, 7) is 7.03. The van der Waals surface area contributed by atoms with E-state index in [-0.39, 0.29) is 17.5 Å². The average Bonchev–Trinajstić information content (AvgIpc) is 3.61. The van der Waals surface area contributed by atoms with E-state index in [1.54, 1.807) is 19.4 Å². The van der Waals surface area contributed by atoms with Gasteiger partial charge >= 0.3 is 0 Å². The highest BCUT2D eigenvalue weighted by molar-refractivity contribution is 6.05. The molecule has 1 saturated heterocycles. The zero-order valence-electron chi connectivity index (χ0n) is 26.0. The molecule has 1 fully saturated rings. The number of alkyl halides is 1. The fourth-order valence-electron chi connectivity index (χ4n) is 6.22. The molecule has 234 valence electrons. The lowest BCUT2D eigenvalue weighted by atomic mass is 9.94. The van der Waals surface area contributed by atoms with Crippen LogP contribution in [0.2, 0.25) is 0 Å². The molecule has 2 aliphatic rings. The van der Waals surface area contributed by atoms with E-state index in [0.717, 1.165) is 52.2 Å². The van der Waals surface area contributed by atoms with Crippen LogP contribution in [0.5, 0.6) is 5.75 Å². The number of carbonyl (C=O) groups is 2. The highest BCUT2D eigenvalue weighted by Gasteiger charge is 2.25. The second-order valence-corrected chi connectivity index (χ2v) is 11.7. The number of benzene rings is 2. The summed E-state index contributed by atoms with van der Waals surface area (Å²) in [7, 11) is 3.44. The number of nitrogens with zero attached hydrogens (tertiary/aromatic N) is 4. The summed E-state index contributed by atoms with van der Waals surface area (Å²) in [4.78, 5) is 37.6. The van der Waals surface area contributed by atoms with Gasteiger partial charge in [0.2, 0.25) is 0 Å². The first-order chi connectivity index (χ1) is 21.7. The second-order valence-electron chi connectivity index (χ2n) is 11.7. The fourth-order valence-corrected chi connectivity index (χ4v) is 6.22. The highest BCUT2D eigenvalue weighted by atomic mass is 19.1. The zero-order valence-corrected chi connectivity index (χ0v) is 26.0. The number of ether oxygens (including phenoxy) is 1. The van der Waals surface area contributed by atoms with Crippen LogP contribution in [0.1, 0.15) is 55.6 Å². The Morgan fingerprint density at radius 3 is 2.38 bits per heavy atom. The number of aromatic nitrogens is 3. The number of pyridine rings is 1. The normalized spacial score (nSPS) is 16.3. The predicted molar refractivity (Wildman–Crippen MR) is 171 cm³/mol. The third kappa shape index (κ3) is 6.18. The van der Waals surface area contributed by atoms with Gasteiger partial charge in [-0.3, -0.25) is 19.5 Å². The number of carbonyl (C=O) groups excluding carboxylic acids is 2. The minimum absolute atomic E-state index is 0.220. The number of amides is 2. The molecule has 1 atom stereocenters. The minimum atomic E-state index is -0.812. The summed E-state index contributed by atoms with van der Waals surface area (Å²) in [5.41, 5.74) is 8.01. The van der Waals surface area contributed by atoms with Crippen molar-refractivity contribution in [3.63, 3.8) is 0 Å². The number of fused-ring (bicyclic) bond motifs is 1. The second kappa shape index (κ2) is 12.8. The Labute approximate surface area is 262 Å². The Hall–Kier alpha value is -4.61. The largest absolute Gasteiger partial charge is 0.496 e. The van der Waals surface area contributed by atoms with E-state index >= 15 is 0 Å². The number of anilines is 2. The summed E-state index contributed by atoms with van der Waals surface area (Å²) < 4.78 is 21.1. The van der Waals surface area contributed by atoms with Gasteiger partial charge in [0.15, 0.2) is 5.82 Å². The first-order valence-corrected chi connectivity index (χ1v) is 15.2. The molecule has 3 N–H and O–H groups in total. The number of hydrogen-bond donors (Lipinski definition) is 3. The molecule has 0 aliphatic carbocycles. The molecule has 0 saturated carbocycles. The van der Waals surface area contributed by atoms with E-state index in [1.807, 2.05) is 66.8 Å². The summed E-state index contributed by atoms with van der Waals surface area (Å²) in [5, 5.41) is 9.36. The van der Waals surface area contributed by atoms with Gasteiger partial charge in [-0.25, -0.2) is 9.37 Å². The molecule has 2 aliphatic heterocycles. The van der Waals surface area contributed by atoms with Crippen LogP contribution >= 0.6 is 0 Å². The Morgan fingerprint density at radius 2 is 1.76 bits per heavy atom. The van der Waals surface area contributed by atoms with Gasteiger partial charge in [-0.15, -0.1) is 0 Å². The van der Waals surface area contributed by atoms with Gasteiger partial charge in [-0.05, 0) is 54.7 Å². The lowest BCUT2D eigenvalue weighted by Crippen LogP contribution is -2.24. The van der Waals surface area contributed by atoms with Crippen molar-refractivity contribution in [1.82, 2.24) is 24.8 Å². The van der Waals surface area contributed by atoms with Crippen molar-refractivity contribution in [2.45, 2.75) is 46.0 Å². The van der Waals surface area contributed by atoms with Crippen LogP contribution in [0.3, 0.4) is 0 Å². The van der Waals surface area contributed by atoms with E-state index in [2.05, 4.69) is 25.9 Å². The average molecular weight is 612 g/mol. The third-order valence-electron chi connectivity index (χ3n) is 8.79. The summed E-state index contributed by atoms with van der Waals surface area (Å²) in [6, 6.07) is 13.1. The van der Waals surface area contributed by atoms with Gasteiger partial charge in [-0.1, -0.05) is 24.3 Å². The maximum atomic E-state index is 13.6. The maximum Gasteiger partial charge on any atom is 0.291 e. The Balaban J connectivity index is 1.20. The van der Waals surface area contributed by atoms with E-state index < -0.39 is 6.17 Å². The van der Waals surface area contributed by atoms with Crippen molar-refractivity contribution in [3.8, 4) is 16.9 Å². The summed E-state index contributed by atoms with van der Waals surface area (Å²) in [5.74, 6) is 0.304. The Morgan fingerprint density at radius 1 is 1.07 bits per heavy atom. The van der Waals surface area contributed by atoms with Crippen LogP contribution in [-0.2, 0) is 26.6 Å². The lowest BCUT2D eigenvalue weighted by Gasteiger charge is -2.18. The standard InChI is InChI=1S/C34H38FN7O3/c1-20-24(25-8-6-10-27(21(25)2)40-34(44)32-38-29-17-36-13-11-30(29)41(32)3)7-5-9-26(20)39-33(43)28-15-31(45-4)22(16-37-28)18-42-14-12-23(35)19-42/h5-10,15-16,23,36H,11-14,17-19H2,1-4H3,(H,39,43)(H,40,44). The van der Waals surface area contributed by atoms with Crippen LogP contribution in [0.25, 0.3) is 11.1 Å². The van der Waals surface area contributed by atoms with Gasteiger partial charge in [0.05, 0.1) is 12.8 Å². The molecule has 6 rings (SSSR count). The number of imidazole rings is 1. The van der Waals surface area contributed by atoms with E-state index in [9.17, 15) is 14.0 Å². The van der Waals surface area contributed by atoms with Crippen LogP contribution in [-0.4, -0.2) is 64.2 Å². The summed E-state index contributed by atoms with van der Waals surface area (Å²) >= 11 is 0. The monoisotopic (exact) mass is 611 g/mol. The van der Waals surface area contributed by atoms with Gasteiger partial charge in [0, 0.05) is 81.1 Å². The number of halogens is 1. The molecule has 0 spiro atoms. The smallest absolute Gasteiger partial charge is 0.291 e. The Bertz CT molecular complexity index is 1770. The molecule has 2 amide bonds.